The molecule has 20 heavy (non-hydrogen) atoms. The Kier molecular flexibility index (Phi) is 7.30. The van der Waals surface area contributed by atoms with Crippen molar-refractivity contribution in [2.75, 3.05) is 23.9 Å². The summed E-state index contributed by atoms with van der Waals surface area (Å²) in [5.41, 5.74) is 0.628. The Morgan fingerprint density at radius 1 is 1.30 bits per heavy atom. The molecule has 1 heterocycles. The predicted molar refractivity (Wildman–Crippen MR) is 86.9 cm³/mol. The van der Waals surface area contributed by atoms with Crippen LogP contribution in [-0.2, 0) is 6.54 Å². The highest BCUT2D eigenvalue weighted by Crippen LogP contribution is 2.16. The Hall–Kier alpha value is -0.810. The molecule has 0 saturated carbocycles. The zero-order chi connectivity index (χ0) is 15.0. The predicted octanol–water partition coefficient (Wildman–Crippen LogP) is 3.66. The molecule has 0 fully saturated rings. The highest BCUT2D eigenvalue weighted by molar-refractivity contribution is 7.98. The van der Waals surface area contributed by atoms with Crippen LogP contribution >= 0.6 is 11.8 Å². The minimum Gasteiger partial charge on any atom is -0.368 e. The molecule has 1 rings (SSSR count). The van der Waals surface area contributed by atoms with E-state index in [1.807, 2.05) is 11.8 Å². The molecule has 0 aliphatic rings. The van der Waals surface area contributed by atoms with Crippen molar-refractivity contribution in [1.29, 1.82) is 0 Å². The summed E-state index contributed by atoms with van der Waals surface area (Å²) in [6, 6.07) is 1.73. The summed E-state index contributed by atoms with van der Waals surface area (Å²) in [6.07, 6.45) is 5.93. The summed E-state index contributed by atoms with van der Waals surface area (Å²) in [5, 5.41) is 6.38. The second-order valence-corrected chi connectivity index (χ2v) is 6.85. The topological polar surface area (TPSA) is 37.0 Å². The molecule has 3 nitrogen and oxygen atoms in total. The third kappa shape index (κ3) is 6.57. The highest BCUT2D eigenvalue weighted by Gasteiger charge is 2.13. The Bertz CT molecular complexity index is 405. The average molecular weight is 299 g/mol. The lowest BCUT2D eigenvalue weighted by molar-refractivity contribution is 0.418. The van der Waals surface area contributed by atoms with E-state index in [2.05, 4.69) is 42.6 Å². The molecule has 0 bridgehead atoms. The van der Waals surface area contributed by atoms with E-state index in [0.717, 1.165) is 25.1 Å². The lowest BCUT2D eigenvalue weighted by atomic mass is 10.1. The molecule has 2 N–H and O–H groups in total. The fourth-order valence-electron chi connectivity index (χ4n) is 1.68. The Morgan fingerprint density at radius 3 is 2.70 bits per heavy atom. The molecule has 114 valence electrons. The van der Waals surface area contributed by atoms with Crippen LogP contribution in [0.4, 0.5) is 10.2 Å². The van der Waals surface area contributed by atoms with Crippen molar-refractivity contribution in [3.8, 4) is 0 Å². The van der Waals surface area contributed by atoms with Crippen LogP contribution in [0.5, 0.6) is 0 Å². The van der Waals surface area contributed by atoms with Crippen LogP contribution in [0.3, 0.4) is 0 Å². The molecule has 5 heteroatoms. The standard InChI is InChI=1S/C15H26FN3S/c1-15(2,3)19-11-12-7-9-18-14(13(12)16)17-8-5-6-10-20-4/h7,9,19H,5-6,8,10-11H2,1-4H3,(H,17,18). The second kappa shape index (κ2) is 8.47. The van der Waals surface area contributed by atoms with Crippen molar-refractivity contribution in [2.45, 2.75) is 45.7 Å². The van der Waals surface area contributed by atoms with Gasteiger partial charge < -0.3 is 10.6 Å². The van der Waals surface area contributed by atoms with Crippen molar-refractivity contribution in [2.24, 2.45) is 0 Å². The molecule has 0 saturated heterocycles. The Balaban J connectivity index is 2.52. The monoisotopic (exact) mass is 299 g/mol. The molecule has 1 aromatic heterocycles. The van der Waals surface area contributed by atoms with Gasteiger partial charge in [-0.05, 0) is 51.7 Å². The van der Waals surface area contributed by atoms with Gasteiger partial charge in [-0.15, -0.1) is 0 Å². The van der Waals surface area contributed by atoms with Crippen LogP contribution in [0.15, 0.2) is 12.3 Å². The molecular weight excluding hydrogens is 273 g/mol. The van der Waals surface area contributed by atoms with Gasteiger partial charge in [0.1, 0.15) is 0 Å². The van der Waals surface area contributed by atoms with E-state index in [9.17, 15) is 4.39 Å². The van der Waals surface area contributed by atoms with Crippen molar-refractivity contribution >= 4 is 17.6 Å². The molecule has 0 amide bonds. The van der Waals surface area contributed by atoms with E-state index in [4.69, 9.17) is 0 Å². The first-order chi connectivity index (χ1) is 9.44. The lowest BCUT2D eigenvalue weighted by Crippen LogP contribution is -2.35. The number of aromatic nitrogens is 1. The summed E-state index contributed by atoms with van der Waals surface area (Å²) in [6.45, 7) is 7.48. The SMILES string of the molecule is CSCCCCNc1nccc(CNC(C)(C)C)c1F. The summed E-state index contributed by atoms with van der Waals surface area (Å²) in [4.78, 5) is 4.08. The largest absolute Gasteiger partial charge is 0.368 e. The van der Waals surface area contributed by atoms with Crippen molar-refractivity contribution < 1.29 is 4.39 Å². The number of thioether (sulfide) groups is 1. The number of nitrogens with zero attached hydrogens (tertiary/aromatic N) is 1. The number of unbranched alkanes of at least 4 members (excludes halogenated alkanes) is 1. The molecule has 1 aromatic rings. The first-order valence-corrected chi connectivity index (χ1v) is 8.44. The van der Waals surface area contributed by atoms with Crippen LogP contribution in [0, 0.1) is 5.82 Å². The minimum absolute atomic E-state index is 0.0267. The zero-order valence-electron chi connectivity index (χ0n) is 12.9. The summed E-state index contributed by atoms with van der Waals surface area (Å²) < 4.78 is 14.3. The van der Waals surface area contributed by atoms with Crippen LogP contribution in [-0.4, -0.2) is 29.1 Å². The molecule has 0 aliphatic heterocycles. The third-order valence-corrected chi connectivity index (χ3v) is 3.54. The highest BCUT2D eigenvalue weighted by atomic mass is 32.2. The summed E-state index contributed by atoms with van der Waals surface area (Å²) >= 11 is 1.84. The fraction of sp³-hybridized carbons (Fsp3) is 0.667. The van der Waals surface area contributed by atoms with Gasteiger partial charge in [0.05, 0.1) is 0 Å². The summed E-state index contributed by atoms with van der Waals surface area (Å²) in [5.74, 6) is 1.27. The van der Waals surface area contributed by atoms with Gasteiger partial charge in [-0.1, -0.05) is 0 Å². The zero-order valence-corrected chi connectivity index (χ0v) is 13.7. The van der Waals surface area contributed by atoms with Crippen LogP contribution in [0.25, 0.3) is 0 Å². The molecule has 0 aromatic carbocycles. The van der Waals surface area contributed by atoms with Gasteiger partial charge in [0.25, 0.3) is 0 Å². The van der Waals surface area contributed by atoms with E-state index in [0.29, 0.717) is 17.9 Å². The maximum absolute atomic E-state index is 14.3. The number of nitrogens with one attached hydrogen (secondary N) is 2. The van der Waals surface area contributed by atoms with Gasteiger partial charge >= 0.3 is 0 Å². The summed E-state index contributed by atoms with van der Waals surface area (Å²) in [7, 11) is 0. The number of rotatable bonds is 8. The van der Waals surface area contributed by atoms with Gasteiger partial charge in [-0.25, -0.2) is 9.37 Å². The first-order valence-electron chi connectivity index (χ1n) is 7.05. The van der Waals surface area contributed by atoms with Crippen molar-refractivity contribution in [3.05, 3.63) is 23.6 Å². The Morgan fingerprint density at radius 2 is 2.05 bits per heavy atom. The van der Waals surface area contributed by atoms with Gasteiger partial charge in [0.2, 0.25) is 0 Å². The minimum atomic E-state index is -0.242. The molecule has 0 spiro atoms. The number of hydrogen-bond donors (Lipinski definition) is 2. The maximum atomic E-state index is 14.3. The normalized spacial score (nSPS) is 11.7. The molecule has 0 unspecified atom stereocenters. The second-order valence-electron chi connectivity index (χ2n) is 5.86. The lowest BCUT2D eigenvalue weighted by Gasteiger charge is -2.21. The number of pyridine rings is 1. The van der Waals surface area contributed by atoms with Crippen molar-refractivity contribution in [1.82, 2.24) is 10.3 Å². The molecule has 0 aliphatic carbocycles. The fourth-order valence-corrected chi connectivity index (χ4v) is 2.17. The van der Waals surface area contributed by atoms with Gasteiger partial charge in [-0.2, -0.15) is 11.8 Å². The van der Waals surface area contributed by atoms with Gasteiger partial charge in [0, 0.05) is 30.4 Å². The van der Waals surface area contributed by atoms with E-state index >= 15 is 0 Å². The van der Waals surface area contributed by atoms with Crippen LogP contribution < -0.4 is 10.6 Å². The molecule has 0 atom stereocenters. The van der Waals surface area contributed by atoms with E-state index in [1.54, 1.807) is 12.3 Å². The van der Waals surface area contributed by atoms with E-state index in [1.165, 1.54) is 0 Å². The first kappa shape index (κ1) is 17.2. The average Bonchev–Trinajstić information content (AvgIpc) is 2.38. The smallest absolute Gasteiger partial charge is 0.169 e. The van der Waals surface area contributed by atoms with Crippen LogP contribution in [0.1, 0.15) is 39.2 Å². The maximum Gasteiger partial charge on any atom is 0.169 e. The molecule has 0 radical (unpaired) electrons. The van der Waals surface area contributed by atoms with Crippen molar-refractivity contribution in [3.63, 3.8) is 0 Å². The van der Waals surface area contributed by atoms with E-state index < -0.39 is 0 Å². The van der Waals surface area contributed by atoms with Crippen LogP contribution in [0.2, 0.25) is 0 Å². The number of halogens is 1. The number of hydrogen-bond acceptors (Lipinski definition) is 4. The molecular formula is C15H26FN3S. The van der Waals surface area contributed by atoms with E-state index in [-0.39, 0.29) is 11.4 Å². The van der Waals surface area contributed by atoms with Gasteiger partial charge in [0.15, 0.2) is 11.6 Å². The quantitative estimate of drug-likeness (QED) is 0.718. The third-order valence-electron chi connectivity index (χ3n) is 2.85. The number of anilines is 1. The Labute approximate surface area is 126 Å². The van der Waals surface area contributed by atoms with Gasteiger partial charge in [-0.3, -0.25) is 0 Å².